The summed E-state index contributed by atoms with van der Waals surface area (Å²) in [6.45, 7) is 7.38. The Bertz CT molecular complexity index is 709. The highest BCUT2D eigenvalue weighted by molar-refractivity contribution is 5.63. The molecule has 0 aromatic heterocycles. The van der Waals surface area contributed by atoms with E-state index in [2.05, 4.69) is 67.0 Å². The normalized spacial score (nSPS) is 9.84. The fourth-order valence-corrected chi connectivity index (χ4v) is 2.70. The Morgan fingerprint density at radius 2 is 1.00 bits per heavy atom. The Morgan fingerprint density at radius 3 is 1.32 bits per heavy atom. The van der Waals surface area contributed by atoms with E-state index in [1.165, 1.54) is 11.1 Å². The minimum atomic E-state index is 0.285. The van der Waals surface area contributed by atoms with Crippen molar-refractivity contribution in [2.75, 3.05) is 7.05 Å². The molecule has 1 heteroatoms. The van der Waals surface area contributed by atoms with Crippen molar-refractivity contribution in [3.05, 3.63) is 120 Å². The van der Waals surface area contributed by atoms with Crippen LogP contribution in [-0.4, -0.2) is 7.05 Å². The standard InChI is InChI=1S/C14H15N.C10H10/c1-15-14(12-8-4-2-5-9-12)13-10-6-3-7-11-13;1-3-9-7-5-6-8-10(9)4-2/h2-11,14-15H,1H3;3-8H,1-2H2. The SMILES string of the molecule is C=Cc1ccccc1C=C.CNC(c1ccccc1)c1ccccc1. The van der Waals surface area contributed by atoms with Crippen LogP contribution in [0.4, 0.5) is 0 Å². The van der Waals surface area contributed by atoms with Gasteiger partial charge in [0.2, 0.25) is 0 Å². The van der Waals surface area contributed by atoms with Gasteiger partial charge in [0.15, 0.2) is 0 Å². The van der Waals surface area contributed by atoms with Crippen molar-refractivity contribution in [2.24, 2.45) is 0 Å². The Morgan fingerprint density at radius 1 is 0.640 bits per heavy atom. The molecule has 0 bridgehead atoms. The van der Waals surface area contributed by atoms with Crippen molar-refractivity contribution in [3.8, 4) is 0 Å². The first-order valence-corrected chi connectivity index (χ1v) is 8.41. The average molecular weight is 327 g/mol. The molecular weight excluding hydrogens is 302 g/mol. The predicted molar refractivity (Wildman–Crippen MR) is 110 cm³/mol. The number of benzene rings is 3. The van der Waals surface area contributed by atoms with Crippen molar-refractivity contribution < 1.29 is 0 Å². The van der Waals surface area contributed by atoms with Crippen molar-refractivity contribution in [3.63, 3.8) is 0 Å². The third kappa shape index (κ3) is 5.30. The highest BCUT2D eigenvalue weighted by atomic mass is 14.9. The average Bonchev–Trinajstić information content (AvgIpc) is 2.70. The first-order chi connectivity index (χ1) is 12.3. The maximum atomic E-state index is 3.69. The number of rotatable bonds is 5. The predicted octanol–water partition coefficient (Wildman–Crippen LogP) is 5.97. The molecule has 0 unspecified atom stereocenters. The van der Waals surface area contributed by atoms with E-state index in [-0.39, 0.29) is 6.04 Å². The van der Waals surface area contributed by atoms with E-state index in [0.29, 0.717) is 0 Å². The third-order valence-electron chi connectivity index (χ3n) is 3.99. The zero-order chi connectivity index (χ0) is 17.9. The molecule has 0 heterocycles. The molecule has 1 N–H and O–H groups in total. The lowest BCUT2D eigenvalue weighted by atomic mass is 9.99. The van der Waals surface area contributed by atoms with E-state index in [0.717, 1.165) is 11.1 Å². The molecule has 0 atom stereocenters. The lowest BCUT2D eigenvalue weighted by Gasteiger charge is -2.16. The van der Waals surface area contributed by atoms with Crippen LogP contribution in [0.15, 0.2) is 98.1 Å². The molecule has 25 heavy (non-hydrogen) atoms. The van der Waals surface area contributed by atoms with Gasteiger partial charge in [0.05, 0.1) is 6.04 Å². The molecule has 0 fully saturated rings. The zero-order valence-corrected chi connectivity index (χ0v) is 14.7. The van der Waals surface area contributed by atoms with E-state index < -0.39 is 0 Å². The van der Waals surface area contributed by atoms with Crippen LogP contribution in [0.2, 0.25) is 0 Å². The summed E-state index contributed by atoms with van der Waals surface area (Å²) in [5, 5.41) is 3.33. The van der Waals surface area contributed by atoms with Crippen molar-refractivity contribution in [1.29, 1.82) is 0 Å². The highest BCUT2D eigenvalue weighted by Gasteiger charge is 2.09. The number of nitrogens with one attached hydrogen (secondary N) is 1. The van der Waals surface area contributed by atoms with Gasteiger partial charge in [0, 0.05) is 0 Å². The van der Waals surface area contributed by atoms with Gasteiger partial charge in [0.1, 0.15) is 0 Å². The number of hydrogen-bond donors (Lipinski definition) is 1. The summed E-state index contributed by atoms with van der Waals surface area (Å²) in [4.78, 5) is 0. The van der Waals surface area contributed by atoms with E-state index in [4.69, 9.17) is 0 Å². The molecule has 1 nitrogen and oxygen atoms in total. The lowest BCUT2D eigenvalue weighted by Crippen LogP contribution is -2.17. The molecule has 0 saturated carbocycles. The Labute approximate surface area is 151 Å². The minimum Gasteiger partial charge on any atom is -0.309 e. The molecule has 126 valence electrons. The molecule has 0 aliphatic heterocycles. The zero-order valence-electron chi connectivity index (χ0n) is 14.7. The minimum absolute atomic E-state index is 0.285. The van der Waals surface area contributed by atoms with Gasteiger partial charge in [-0.3, -0.25) is 0 Å². The van der Waals surface area contributed by atoms with E-state index in [9.17, 15) is 0 Å². The van der Waals surface area contributed by atoms with Crippen LogP contribution in [0.3, 0.4) is 0 Å². The first-order valence-electron chi connectivity index (χ1n) is 8.41. The summed E-state index contributed by atoms with van der Waals surface area (Å²) >= 11 is 0. The van der Waals surface area contributed by atoms with E-state index >= 15 is 0 Å². The van der Waals surface area contributed by atoms with Crippen LogP contribution < -0.4 is 5.32 Å². The third-order valence-corrected chi connectivity index (χ3v) is 3.99. The second kappa shape index (κ2) is 10.1. The molecule has 0 aliphatic carbocycles. The summed E-state index contributed by atoms with van der Waals surface area (Å²) in [5.41, 5.74) is 4.87. The van der Waals surface area contributed by atoms with Crippen molar-refractivity contribution in [1.82, 2.24) is 5.32 Å². The molecule has 3 aromatic carbocycles. The molecule has 3 aromatic rings. The molecule has 0 radical (unpaired) electrons. The lowest BCUT2D eigenvalue weighted by molar-refractivity contribution is 0.692. The Balaban J connectivity index is 0.000000196. The summed E-state index contributed by atoms with van der Waals surface area (Å²) in [5.74, 6) is 0. The van der Waals surface area contributed by atoms with Gasteiger partial charge in [-0.1, -0.05) is 110 Å². The maximum Gasteiger partial charge on any atom is 0.0574 e. The second-order valence-electron chi connectivity index (χ2n) is 5.58. The Kier molecular flexibility index (Phi) is 7.42. The van der Waals surface area contributed by atoms with Crippen LogP contribution >= 0.6 is 0 Å². The quantitative estimate of drug-likeness (QED) is 0.609. The first kappa shape index (κ1) is 18.4. The fraction of sp³-hybridized carbons (Fsp3) is 0.0833. The maximum absolute atomic E-state index is 3.69. The van der Waals surface area contributed by atoms with Crippen LogP contribution in [0, 0.1) is 0 Å². The molecule has 0 amide bonds. The van der Waals surface area contributed by atoms with Gasteiger partial charge in [-0.15, -0.1) is 0 Å². The Hall–Kier alpha value is -2.90. The van der Waals surface area contributed by atoms with Crippen molar-refractivity contribution >= 4 is 12.2 Å². The molecule has 0 saturated heterocycles. The van der Waals surface area contributed by atoms with Gasteiger partial charge in [-0.25, -0.2) is 0 Å². The van der Waals surface area contributed by atoms with Crippen LogP contribution in [0.25, 0.3) is 12.2 Å². The van der Waals surface area contributed by atoms with Gasteiger partial charge in [0.25, 0.3) is 0 Å². The van der Waals surface area contributed by atoms with Crippen molar-refractivity contribution in [2.45, 2.75) is 6.04 Å². The molecular formula is C24H25N. The molecule has 0 aliphatic rings. The monoisotopic (exact) mass is 327 g/mol. The summed E-state index contributed by atoms with van der Waals surface area (Å²) in [7, 11) is 1.99. The summed E-state index contributed by atoms with van der Waals surface area (Å²) in [6, 6.07) is 29.3. The largest absolute Gasteiger partial charge is 0.309 e. The van der Waals surface area contributed by atoms with E-state index in [1.807, 2.05) is 55.6 Å². The van der Waals surface area contributed by atoms with Gasteiger partial charge < -0.3 is 5.32 Å². The molecule has 3 rings (SSSR count). The van der Waals surface area contributed by atoms with Crippen LogP contribution in [0.1, 0.15) is 28.3 Å². The van der Waals surface area contributed by atoms with Crippen LogP contribution in [-0.2, 0) is 0 Å². The topological polar surface area (TPSA) is 12.0 Å². The van der Waals surface area contributed by atoms with Gasteiger partial charge >= 0.3 is 0 Å². The van der Waals surface area contributed by atoms with E-state index in [1.54, 1.807) is 0 Å². The highest BCUT2D eigenvalue weighted by Crippen LogP contribution is 2.20. The fourth-order valence-electron chi connectivity index (χ4n) is 2.70. The second-order valence-corrected chi connectivity index (χ2v) is 5.58. The van der Waals surface area contributed by atoms with Gasteiger partial charge in [-0.05, 0) is 29.3 Å². The number of hydrogen-bond acceptors (Lipinski definition) is 1. The summed E-state index contributed by atoms with van der Waals surface area (Å²) < 4.78 is 0. The summed E-state index contributed by atoms with van der Waals surface area (Å²) in [6.07, 6.45) is 3.66. The van der Waals surface area contributed by atoms with Gasteiger partial charge in [-0.2, -0.15) is 0 Å². The smallest absolute Gasteiger partial charge is 0.0574 e. The molecule has 0 spiro atoms. The van der Waals surface area contributed by atoms with Crippen LogP contribution in [0.5, 0.6) is 0 Å².